The summed E-state index contributed by atoms with van der Waals surface area (Å²) in [6.45, 7) is 3.55. The topological polar surface area (TPSA) is 109 Å². The Bertz CT molecular complexity index is 1350. The van der Waals surface area contributed by atoms with Crippen LogP contribution in [-0.4, -0.2) is 39.4 Å². The summed E-state index contributed by atoms with van der Waals surface area (Å²) >= 11 is 0. The molecule has 0 spiro atoms. The number of aryl methyl sites for hydroxylation is 1. The molecular formula is C28H30N2O7. The molecule has 3 aromatic rings. The maximum Gasteiger partial charge on any atom is 0.330 e. The van der Waals surface area contributed by atoms with E-state index in [1.54, 1.807) is 6.92 Å². The van der Waals surface area contributed by atoms with E-state index in [-0.39, 0.29) is 12.7 Å². The molecule has 1 N–H and O–H groups in total. The van der Waals surface area contributed by atoms with Gasteiger partial charge in [-0.25, -0.2) is 4.79 Å². The van der Waals surface area contributed by atoms with E-state index in [1.807, 2.05) is 60.7 Å². The summed E-state index contributed by atoms with van der Waals surface area (Å²) in [4.78, 5) is 39.4. The number of carbonyl (C=O) groups excluding carboxylic acids is 1. The first-order valence-corrected chi connectivity index (χ1v) is 12.4. The number of carbonyl (C=O) groups is 1. The zero-order valence-electron chi connectivity index (χ0n) is 20.8. The van der Waals surface area contributed by atoms with Crippen LogP contribution in [0.5, 0.6) is 0 Å². The van der Waals surface area contributed by atoms with Crippen LogP contribution < -0.4 is 11.2 Å². The van der Waals surface area contributed by atoms with Crippen molar-refractivity contribution in [2.75, 3.05) is 0 Å². The van der Waals surface area contributed by atoms with Crippen LogP contribution in [0.15, 0.2) is 76.4 Å². The Balaban J connectivity index is 1.51. The van der Waals surface area contributed by atoms with Crippen LogP contribution in [-0.2, 0) is 37.0 Å². The number of H-pyrrole nitrogens is 1. The van der Waals surface area contributed by atoms with Gasteiger partial charge < -0.3 is 18.9 Å². The van der Waals surface area contributed by atoms with Crippen LogP contribution in [0, 0.1) is 6.92 Å². The second-order valence-corrected chi connectivity index (χ2v) is 9.56. The van der Waals surface area contributed by atoms with Gasteiger partial charge in [-0.05, 0) is 30.9 Å². The highest BCUT2D eigenvalue weighted by Crippen LogP contribution is 2.51. The minimum atomic E-state index is -1.06. The Kier molecular flexibility index (Phi) is 7.10. The van der Waals surface area contributed by atoms with Crippen molar-refractivity contribution in [2.45, 2.75) is 70.0 Å². The van der Waals surface area contributed by atoms with Crippen molar-refractivity contribution in [3.05, 3.63) is 104 Å². The fraction of sp³-hybridized carbons (Fsp3) is 0.393. The summed E-state index contributed by atoms with van der Waals surface area (Å²) in [6, 6.07) is 19.5. The second kappa shape index (κ2) is 10.5. The van der Waals surface area contributed by atoms with Crippen molar-refractivity contribution in [2.24, 2.45) is 0 Å². The fourth-order valence-corrected chi connectivity index (χ4v) is 5.25. The van der Waals surface area contributed by atoms with Crippen molar-refractivity contribution in [3.8, 4) is 0 Å². The van der Waals surface area contributed by atoms with E-state index in [0.29, 0.717) is 25.0 Å². The first-order valence-electron chi connectivity index (χ1n) is 12.4. The maximum atomic E-state index is 12.8. The number of esters is 1. The Hall–Kier alpha value is -3.53. The molecule has 2 fully saturated rings. The molecule has 0 radical (unpaired) electrons. The zero-order valence-corrected chi connectivity index (χ0v) is 20.8. The number of rotatable bonds is 8. The molecule has 0 bridgehead atoms. The van der Waals surface area contributed by atoms with Gasteiger partial charge in [0.05, 0.1) is 19.3 Å². The lowest BCUT2D eigenvalue weighted by atomic mass is 9.93. The fourth-order valence-electron chi connectivity index (χ4n) is 5.25. The van der Waals surface area contributed by atoms with Gasteiger partial charge in [-0.1, -0.05) is 60.7 Å². The van der Waals surface area contributed by atoms with E-state index in [4.69, 9.17) is 18.9 Å². The van der Waals surface area contributed by atoms with Crippen molar-refractivity contribution in [1.82, 2.24) is 9.55 Å². The van der Waals surface area contributed by atoms with Crippen LogP contribution >= 0.6 is 0 Å². The predicted octanol–water partition coefficient (Wildman–Crippen LogP) is 3.01. The maximum absolute atomic E-state index is 12.8. The van der Waals surface area contributed by atoms with Crippen LogP contribution in [0.2, 0.25) is 0 Å². The quantitative estimate of drug-likeness (QED) is 0.468. The third-order valence-electron chi connectivity index (χ3n) is 7.04. The summed E-state index contributed by atoms with van der Waals surface area (Å²) in [5.74, 6) is -0.523. The average molecular weight is 507 g/mol. The summed E-state index contributed by atoms with van der Waals surface area (Å²) < 4.78 is 26.4. The molecule has 2 aliphatic rings. The molecule has 37 heavy (non-hydrogen) atoms. The highest BCUT2D eigenvalue weighted by molar-refractivity contribution is 5.66. The summed E-state index contributed by atoms with van der Waals surface area (Å²) in [5, 5.41) is 0. The molecule has 2 heterocycles. The molecule has 1 aliphatic heterocycles. The number of fused-ring (bicyclic) bond motifs is 1. The van der Waals surface area contributed by atoms with Gasteiger partial charge in [0.15, 0.2) is 12.3 Å². The number of hydrogen-bond acceptors (Lipinski definition) is 7. The summed E-state index contributed by atoms with van der Waals surface area (Å²) in [5.41, 5.74) is 0.102. The molecule has 2 aromatic carbocycles. The lowest BCUT2D eigenvalue weighted by molar-refractivity contribution is -0.174. The predicted molar refractivity (Wildman–Crippen MR) is 134 cm³/mol. The number of nitrogens with zero attached hydrogens (tertiary/aromatic N) is 1. The molecule has 5 rings (SSSR count). The number of ether oxygens (including phenoxy) is 4. The first kappa shape index (κ1) is 25.1. The van der Waals surface area contributed by atoms with Crippen LogP contribution in [0.25, 0.3) is 0 Å². The van der Waals surface area contributed by atoms with Gasteiger partial charge >= 0.3 is 11.7 Å². The monoisotopic (exact) mass is 506 g/mol. The van der Waals surface area contributed by atoms with Crippen LogP contribution in [0.3, 0.4) is 0 Å². The normalized spacial score (nSPS) is 26.6. The highest BCUT2D eigenvalue weighted by Gasteiger charge is 2.66. The molecule has 0 unspecified atom stereocenters. The molecule has 1 aromatic heterocycles. The molecular weight excluding hydrogens is 476 g/mol. The zero-order chi connectivity index (χ0) is 26.0. The number of aromatic amines is 1. The lowest BCUT2D eigenvalue weighted by Crippen LogP contribution is -2.51. The van der Waals surface area contributed by atoms with Crippen molar-refractivity contribution in [3.63, 3.8) is 0 Å². The van der Waals surface area contributed by atoms with Crippen molar-refractivity contribution < 1.29 is 23.7 Å². The van der Waals surface area contributed by atoms with Crippen molar-refractivity contribution in [1.29, 1.82) is 0 Å². The van der Waals surface area contributed by atoms with Gasteiger partial charge in [0.2, 0.25) is 0 Å². The highest BCUT2D eigenvalue weighted by atomic mass is 16.7. The SMILES string of the molecule is CC(=O)O[C@H]1[C@H](n2cc(C)c(=O)[nH]c2=O)O[C@@H]2[C@H](OCc3ccccc3)CC[C@@]21OCc1ccccc1. The van der Waals surface area contributed by atoms with E-state index < -0.39 is 41.3 Å². The third-order valence-corrected chi connectivity index (χ3v) is 7.04. The first-order chi connectivity index (χ1) is 17.9. The van der Waals surface area contributed by atoms with E-state index >= 15 is 0 Å². The van der Waals surface area contributed by atoms with E-state index in [9.17, 15) is 14.4 Å². The molecule has 5 atom stereocenters. The third kappa shape index (κ3) is 5.02. The molecule has 194 valence electrons. The lowest BCUT2D eigenvalue weighted by Gasteiger charge is -2.34. The Morgan fingerprint density at radius 2 is 1.70 bits per heavy atom. The Morgan fingerprint density at radius 3 is 2.35 bits per heavy atom. The Morgan fingerprint density at radius 1 is 1.05 bits per heavy atom. The smallest absolute Gasteiger partial charge is 0.330 e. The number of aromatic nitrogens is 2. The summed E-state index contributed by atoms with van der Waals surface area (Å²) in [6.07, 6.45) is -0.380. The van der Waals surface area contributed by atoms with Crippen LogP contribution in [0.4, 0.5) is 0 Å². The van der Waals surface area contributed by atoms with E-state index in [0.717, 1.165) is 11.1 Å². The standard InChI is InChI=1S/C28H30N2O7/c1-18-15-30(27(33)29-25(18)32)26-24(36-19(2)31)28(35-17-21-11-7-4-8-12-21)14-13-22(23(28)37-26)34-16-20-9-5-3-6-10-20/h3-12,15,22-24,26H,13-14,16-17H2,1-2H3,(H,29,32,33)/t22-,23-,24+,26-,28-/m1/s1. The molecule has 9 heteroatoms. The van der Waals surface area contributed by atoms with Gasteiger partial charge in [-0.15, -0.1) is 0 Å². The molecule has 1 saturated carbocycles. The van der Waals surface area contributed by atoms with Gasteiger partial charge in [-0.3, -0.25) is 19.1 Å². The molecule has 1 aliphatic carbocycles. The second-order valence-electron chi connectivity index (χ2n) is 9.56. The van der Waals surface area contributed by atoms with Gasteiger partial charge in [0.1, 0.15) is 11.7 Å². The van der Waals surface area contributed by atoms with E-state index in [2.05, 4.69) is 4.98 Å². The minimum absolute atomic E-state index is 0.260. The van der Waals surface area contributed by atoms with Crippen LogP contribution in [0.1, 0.15) is 42.7 Å². The molecule has 9 nitrogen and oxygen atoms in total. The minimum Gasteiger partial charge on any atom is -0.454 e. The van der Waals surface area contributed by atoms with Gasteiger partial charge in [0.25, 0.3) is 5.56 Å². The largest absolute Gasteiger partial charge is 0.454 e. The number of nitrogens with one attached hydrogen (secondary N) is 1. The molecule has 1 saturated heterocycles. The van der Waals surface area contributed by atoms with Gasteiger partial charge in [-0.2, -0.15) is 0 Å². The van der Waals surface area contributed by atoms with E-state index in [1.165, 1.54) is 17.7 Å². The molecule has 0 amide bonds. The number of hydrogen-bond donors (Lipinski definition) is 1. The summed E-state index contributed by atoms with van der Waals surface area (Å²) in [7, 11) is 0. The Labute approximate surface area is 214 Å². The van der Waals surface area contributed by atoms with Crippen molar-refractivity contribution >= 4 is 5.97 Å². The number of benzene rings is 2. The van der Waals surface area contributed by atoms with Gasteiger partial charge in [0, 0.05) is 18.7 Å². The average Bonchev–Trinajstić information content (AvgIpc) is 3.39.